The number of phenols is 1. The molecule has 2 fully saturated rings. The number of hydrogen-bond donors (Lipinski definition) is 1. The van der Waals surface area contributed by atoms with Crippen molar-refractivity contribution >= 4 is 12.0 Å². The quantitative estimate of drug-likeness (QED) is 0.779. The van der Waals surface area contributed by atoms with Crippen molar-refractivity contribution < 1.29 is 9.90 Å². The maximum absolute atomic E-state index is 13.0. The standard InChI is InChI=1S/C26H33N3O2/c30-25-11-5-4-10-24(25)21-28-15-12-23(13-16-28)26(31)29-19-17-27(18-20-29)14-6-9-22-7-2-1-3-8-22/h1-11,23,30H,12-21H2/b9-6+. The third-order valence-corrected chi connectivity index (χ3v) is 6.48. The van der Waals surface area contributed by atoms with E-state index in [9.17, 15) is 9.90 Å². The highest BCUT2D eigenvalue weighted by atomic mass is 16.3. The van der Waals surface area contributed by atoms with Crippen LogP contribution < -0.4 is 0 Å². The molecule has 2 aromatic rings. The summed E-state index contributed by atoms with van der Waals surface area (Å²) >= 11 is 0. The van der Waals surface area contributed by atoms with Crippen molar-refractivity contribution in [3.63, 3.8) is 0 Å². The first-order valence-electron chi connectivity index (χ1n) is 11.4. The molecule has 2 aliphatic heterocycles. The van der Waals surface area contributed by atoms with Crippen LogP contribution in [0.5, 0.6) is 5.75 Å². The molecule has 0 radical (unpaired) electrons. The first kappa shape index (κ1) is 21.6. The van der Waals surface area contributed by atoms with Crippen molar-refractivity contribution in [2.75, 3.05) is 45.8 Å². The summed E-state index contributed by atoms with van der Waals surface area (Å²) in [5.41, 5.74) is 2.19. The number of amides is 1. The number of benzene rings is 2. The van der Waals surface area contributed by atoms with Crippen LogP contribution in [0.15, 0.2) is 60.7 Å². The lowest BCUT2D eigenvalue weighted by Gasteiger charge is -2.38. The van der Waals surface area contributed by atoms with E-state index < -0.39 is 0 Å². The molecule has 2 aromatic carbocycles. The Bertz CT molecular complexity index is 867. The molecular weight excluding hydrogens is 386 g/mol. The van der Waals surface area contributed by atoms with Gasteiger partial charge in [-0.15, -0.1) is 0 Å². The molecule has 31 heavy (non-hydrogen) atoms. The van der Waals surface area contributed by atoms with E-state index in [1.807, 2.05) is 24.3 Å². The van der Waals surface area contributed by atoms with E-state index in [0.717, 1.165) is 70.8 Å². The van der Waals surface area contributed by atoms with Crippen LogP contribution in [0, 0.1) is 5.92 Å². The summed E-state index contributed by atoms with van der Waals surface area (Å²) in [6.45, 7) is 7.05. The van der Waals surface area contributed by atoms with Gasteiger partial charge >= 0.3 is 0 Å². The molecule has 0 unspecified atom stereocenters. The van der Waals surface area contributed by atoms with Crippen LogP contribution in [-0.4, -0.2) is 71.5 Å². The van der Waals surface area contributed by atoms with E-state index in [1.54, 1.807) is 6.07 Å². The number of hydrogen-bond acceptors (Lipinski definition) is 4. The third kappa shape index (κ3) is 5.96. The summed E-state index contributed by atoms with van der Waals surface area (Å²) in [5.74, 6) is 0.837. The molecular formula is C26H33N3O2. The summed E-state index contributed by atoms with van der Waals surface area (Å²) in [5, 5.41) is 9.99. The molecule has 0 bridgehead atoms. The molecule has 2 saturated heterocycles. The monoisotopic (exact) mass is 419 g/mol. The van der Waals surface area contributed by atoms with Gasteiger partial charge in [-0.1, -0.05) is 60.7 Å². The molecule has 0 aromatic heterocycles. The first-order chi connectivity index (χ1) is 15.2. The maximum Gasteiger partial charge on any atom is 0.225 e. The Kier molecular flexibility index (Phi) is 7.39. The van der Waals surface area contributed by atoms with Crippen LogP contribution in [0.2, 0.25) is 0 Å². The highest BCUT2D eigenvalue weighted by Gasteiger charge is 2.30. The highest BCUT2D eigenvalue weighted by molar-refractivity contribution is 5.79. The molecule has 0 spiro atoms. The predicted octanol–water partition coefficient (Wildman–Crippen LogP) is 3.46. The minimum atomic E-state index is 0.144. The predicted molar refractivity (Wildman–Crippen MR) is 125 cm³/mol. The zero-order valence-electron chi connectivity index (χ0n) is 18.2. The second kappa shape index (κ2) is 10.6. The number of phenolic OH excluding ortho intramolecular Hbond substituents is 1. The number of carbonyl (C=O) groups excluding carboxylic acids is 1. The number of piperidine rings is 1. The lowest BCUT2D eigenvalue weighted by atomic mass is 9.94. The second-order valence-electron chi connectivity index (χ2n) is 8.62. The van der Waals surface area contributed by atoms with E-state index in [4.69, 9.17) is 0 Å². The van der Waals surface area contributed by atoms with Crippen LogP contribution in [-0.2, 0) is 11.3 Å². The summed E-state index contributed by atoms with van der Waals surface area (Å²) in [4.78, 5) is 19.8. The second-order valence-corrected chi connectivity index (χ2v) is 8.62. The molecule has 5 nitrogen and oxygen atoms in total. The Morgan fingerprint density at radius 3 is 2.26 bits per heavy atom. The van der Waals surface area contributed by atoms with Gasteiger partial charge in [-0.25, -0.2) is 0 Å². The van der Waals surface area contributed by atoms with Crippen molar-refractivity contribution in [2.24, 2.45) is 5.92 Å². The van der Waals surface area contributed by atoms with Crippen molar-refractivity contribution in [1.82, 2.24) is 14.7 Å². The fourth-order valence-electron chi connectivity index (χ4n) is 4.53. The van der Waals surface area contributed by atoms with Crippen molar-refractivity contribution in [2.45, 2.75) is 19.4 Å². The number of rotatable bonds is 6. The number of likely N-dealkylation sites (tertiary alicyclic amines) is 1. The van der Waals surface area contributed by atoms with E-state index >= 15 is 0 Å². The number of piperazine rings is 1. The Balaban J connectivity index is 1.18. The molecule has 5 heteroatoms. The minimum absolute atomic E-state index is 0.144. The fraction of sp³-hybridized carbons (Fsp3) is 0.423. The van der Waals surface area contributed by atoms with Gasteiger partial charge in [0.25, 0.3) is 0 Å². The normalized spacial score (nSPS) is 19.2. The van der Waals surface area contributed by atoms with Crippen LogP contribution in [0.1, 0.15) is 24.0 Å². The number of nitrogens with zero attached hydrogens (tertiary/aromatic N) is 3. The maximum atomic E-state index is 13.0. The average Bonchev–Trinajstić information content (AvgIpc) is 2.82. The molecule has 2 heterocycles. The summed E-state index contributed by atoms with van der Waals surface area (Å²) in [7, 11) is 0. The smallest absolute Gasteiger partial charge is 0.225 e. The van der Waals surface area contributed by atoms with E-state index in [1.165, 1.54) is 5.56 Å². The lowest BCUT2D eigenvalue weighted by molar-refractivity contribution is -0.138. The van der Waals surface area contributed by atoms with Crippen LogP contribution in [0.4, 0.5) is 0 Å². The van der Waals surface area contributed by atoms with Crippen LogP contribution >= 0.6 is 0 Å². The van der Waals surface area contributed by atoms with Gasteiger partial charge in [-0.3, -0.25) is 14.6 Å². The van der Waals surface area contributed by atoms with E-state index in [-0.39, 0.29) is 5.92 Å². The van der Waals surface area contributed by atoms with Crippen LogP contribution in [0.25, 0.3) is 6.08 Å². The molecule has 0 saturated carbocycles. The van der Waals surface area contributed by atoms with Gasteiger partial charge in [0.1, 0.15) is 5.75 Å². The Morgan fingerprint density at radius 2 is 1.55 bits per heavy atom. The van der Waals surface area contributed by atoms with Gasteiger partial charge in [0.05, 0.1) is 0 Å². The number of para-hydroxylation sites is 1. The largest absolute Gasteiger partial charge is 0.508 e. The Labute approximate surface area is 185 Å². The van der Waals surface area contributed by atoms with Crippen molar-refractivity contribution in [3.8, 4) is 5.75 Å². The number of aromatic hydroxyl groups is 1. The molecule has 1 amide bonds. The SMILES string of the molecule is O=C(C1CCN(Cc2ccccc2O)CC1)N1CCN(C/C=C/c2ccccc2)CC1. The Morgan fingerprint density at radius 1 is 0.871 bits per heavy atom. The molecule has 0 aliphatic carbocycles. The van der Waals surface area contributed by atoms with Gasteiger partial charge in [0.2, 0.25) is 5.91 Å². The fourth-order valence-corrected chi connectivity index (χ4v) is 4.53. The zero-order valence-corrected chi connectivity index (χ0v) is 18.2. The summed E-state index contributed by atoms with van der Waals surface area (Å²) in [6, 6.07) is 17.9. The molecule has 2 aliphatic rings. The third-order valence-electron chi connectivity index (χ3n) is 6.48. The van der Waals surface area contributed by atoms with Crippen molar-refractivity contribution in [1.29, 1.82) is 0 Å². The molecule has 1 N–H and O–H groups in total. The molecule has 4 rings (SSSR count). The lowest BCUT2D eigenvalue weighted by Crippen LogP contribution is -2.51. The van der Waals surface area contributed by atoms with Gasteiger partial charge in [0.15, 0.2) is 0 Å². The summed E-state index contributed by atoms with van der Waals surface area (Å²) < 4.78 is 0. The van der Waals surface area contributed by atoms with E-state index in [2.05, 4.69) is 51.1 Å². The summed E-state index contributed by atoms with van der Waals surface area (Å²) in [6.07, 6.45) is 6.20. The first-order valence-corrected chi connectivity index (χ1v) is 11.4. The topological polar surface area (TPSA) is 47.0 Å². The Hall–Kier alpha value is -2.63. The molecule has 164 valence electrons. The van der Waals surface area contributed by atoms with Gasteiger partial charge in [0, 0.05) is 50.7 Å². The van der Waals surface area contributed by atoms with Crippen molar-refractivity contribution in [3.05, 3.63) is 71.8 Å². The zero-order chi connectivity index (χ0) is 21.5. The number of carbonyl (C=O) groups is 1. The van der Waals surface area contributed by atoms with Gasteiger partial charge < -0.3 is 10.0 Å². The minimum Gasteiger partial charge on any atom is -0.508 e. The van der Waals surface area contributed by atoms with Gasteiger partial charge in [-0.2, -0.15) is 0 Å². The highest BCUT2D eigenvalue weighted by Crippen LogP contribution is 2.24. The van der Waals surface area contributed by atoms with E-state index in [0.29, 0.717) is 11.7 Å². The van der Waals surface area contributed by atoms with Crippen LogP contribution in [0.3, 0.4) is 0 Å². The average molecular weight is 420 g/mol. The van der Waals surface area contributed by atoms with Gasteiger partial charge in [-0.05, 0) is 37.6 Å². The molecule has 0 atom stereocenters.